The summed E-state index contributed by atoms with van der Waals surface area (Å²) in [5, 5.41) is 8.42. The number of aromatic nitrogens is 2. The molecule has 0 bridgehead atoms. The number of hydrogen-bond acceptors (Lipinski definition) is 3. The van der Waals surface area contributed by atoms with Gasteiger partial charge in [-0.2, -0.15) is 0 Å². The van der Waals surface area contributed by atoms with E-state index in [-0.39, 0.29) is 11.9 Å². The van der Waals surface area contributed by atoms with Crippen molar-refractivity contribution in [1.82, 2.24) is 14.9 Å². The van der Waals surface area contributed by atoms with E-state index in [4.69, 9.17) is 0 Å². The van der Waals surface area contributed by atoms with Crippen LogP contribution in [0.3, 0.4) is 0 Å². The predicted molar refractivity (Wildman–Crippen MR) is 94.0 cm³/mol. The normalized spacial score (nSPS) is 10.2. The molecule has 0 fully saturated rings. The fourth-order valence-electron chi connectivity index (χ4n) is 2.13. The van der Waals surface area contributed by atoms with E-state index in [1.165, 1.54) is 0 Å². The number of carbonyl (C=O) groups excluding carboxylic acids is 2. The minimum atomic E-state index is -0.261. The molecule has 7 heteroatoms. The van der Waals surface area contributed by atoms with Gasteiger partial charge in [-0.25, -0.2) is 9.78 Å². The number of imidazole rings is 1. The number of carbonyl (C=O) groups is 2. The molecule has 24 heavy (non-hydrogen) atoms. The van der Waals surface area contributed by atoms with Crippen molar-refractivity contribution in [1.29, 1.82) is 0 Å². The van der Waals surface area contributed by atoms with Crippen molar-refractivity contribution in [3.63, 3.8) is 0 Å². The minimum absolute atomic E-state index is 0.0613. The molecule has 1 aromatic heterocycles. The lowest BCUT2D eigenvalue weighted by atomic mass is 10.2. The molecule has 0 unspecified atom stereocenters. The van der Waals surface area contributed by atoms with Gasteiger partial charge in [-0.15, -0.1) is 0 Å². The Labute approximate surface area is 141 Å². The molecule has 1 heterocycles. The first kappa shape index (κ1) is 17.5. The second-order valence-electron chi connectivity index (χ2n) is 5.47. The van der Waals surface area contributed by atoms with Gasteiger partial charge in [-0.05, 0) is 31.0 Å². The fraction of sp³-hybridized carbons (Fsp3) is 0.353. The Kier molecular flexibility index (Phi) is 6.36. The van der Waals surface area contributed by atoms with Crippen LogP contribution in [0.25, 0.3) is 0 Å². The SMILES string of the molecule is CCC(=O)Nc1ccc(C)c(NC(=O)NCCCn2ccnc2)c1. The average Bonchev–Trinajstić information content (AvgIpc) is 3.08. The van der Waals surface area contributed by atoms with E-state index in [9.17, 15) is 9.59 Å². The van der Waals surface area contributed by atoms with Crippen LogP contribution in [-0.2, 0) is 11.3 Å². The summed E-state index contributed by atoms with van der Waals surface area (Å²) in [6, 6.07) is 5.17. The number of amides is 3. The van der Waals surface area contributed by atoms with Crippen LogP contribution in [0.4, 0.5) is 16.2 Å². The molecule has 128 valence electrons. The molecule has 0 aliphatic rings. The number of benzene rings is 1. The first-order valence-corrected chi connectivity index (χ1v) is 7.99. The molecule has 2 aromatic rings. The maximum absolute atomic E-state index is 12.0. The topological polar surface area (TPSA) is 88.0 Å². The summed E-state index contributed by atoms with van der Waals surface area (Å²) in [6.07, 6.45) is 6.59. The Morgan fingerprint density at radius 3 is 2.79 bits per heavy atom. The molecule has 0 radical (unpaired) electrons. The Morgan fingerprint density at radius 1 is 1.25 bits per heavy atom. The second kappa shape index (κ2) is 8.71. The van der Waals surface area contributed by atoms with Gasteiger partial charge in [-0.3, -0.25) is 4.79 Å². The van der Waals surface area contributed by atoms with Gasteiger partial charge in [-0.1, -0.05) is 13.0 Å². The van der Waals surface area contributed by atoms with E-state index in [1.54, 1.807) is 25.5 Å². The Hall–Kier alpha value is -2.83. The molecular weight excluding hydrogens is 306 g/mol. The summed E-state index contributed by atoms with van der Waals surface area (Å²) in [5.74, 6) is -0.0613. The lowest BCUT2D eigenvalue weighted by molar-refractivity contribution is -0.115. The lowest BCUT2D eigenvalue weighted by Crippen LogP contribution is -2.30. The average molecular weight is 329 g/mol. The lowest BCUT2D eigenvalue weighted by Gasteiger charge is -2.12. The number of nitrogens with zero attached hydrogens (tertiary/aromatic N) is 2. The largest absolute Gasteiger partial charge is 0.338 e. The summed E-state index contributed by atoms with van der Waals surface area (Å²) in [6.45, 7) is 5.06. The third-order valence-corrected chi connectivity index (χ3v) is 3.53. The number of urea groups is 1. The maximum Gasteiger partial charge on any atom is 0.319 e. The molecule has 0 aliphatic carbocycles. The van der Waals surface area contributed by atoms with E-state index in [1.807, 2.05) is 29.8 Å². The van der Waals surface area contributed by atoms with Crippen LogP contribution in [0.2, 0.25) is 0 Å². The van der Waals surface area contributed by atoms with Gasteiger partial charge in [0.25, 0.3) is 0 Å². The van der Waals surface area contributed by atoms with Crippen molar-refractivity contribution < 1.29 is 9.59 Å². The summed E-state index contributed by atoms with van der Waals surface area (Å²) in [7, 11) is 0. The number of rotatable bonds is 7. The van der Waals surface area contributed by atoms with Crippen molar-refractivity contribution in [2.75, 3.05) is 17.2 Å². The van der Waals surface area contributed by atoms with Crippen molar-refractivity contribution in [2.24, 2.45) is 0 Å². The molecule has 0 spiro atoms. The van der Waals surface area contributed by atoms with Crippen LogP contribution < -0.4 is 16.0 Å². The molecule has 0 atom stereocenters. The summed E-state index contributed by atoms with van der Waals surface area (Å²) >= 11 is 0. The van der Waals surface area contributed by atoms with Gasteiger partial charge < -0.3 is 20.5 Å². The van der Waals surface area contributed by atoms with E-state index in [0.717, 1.165) is 18.5 Å². The van der Waals surface area contributed by atoms with E-state index >= 15 is 0 Å². The van der Waals surface area contributed by atoms with Crippen molar-refractivity contribution in [3.8, 4) is 0 Å². The molecule has 0 saturated heterocycles. The zero-order valence-corrected chi connectivity index (χ0v) is 14.0. The van der Waals surface area contributed by atoms with Crippen LogP contribution in [0, 0.1) is 6.92 Å². The molecule has 0 saturated carbocycles. The molecule has 3 amide bonds. The zero-order valence-electron chi connectivity index (χ0n) is 14.0. The van der Waals surface area contributed by atoms with Gasteiger partial charge in [0.2, 0.25) is 5.91 Å². The summed E-state index contributed by atoms with van der Waals surface area (Å²) in [4.78, 5) is 27.4. The van der Waals surface area contributed by atoms with Crippen LogP contribution >= 0.6 is 0 Å². The van der Waals surface area contributed by atoms with Gasteiger partial charge in [0, 0.05) is 43.3 Å². The third-order valence-electron chi connectivity index (χ3n) is 3.53. The maximum atomic E-state index is 12.0. The van der Waals surface area contributed by atoms with Crippen LogP contribution in [0.5, 0.6) is 0 Å². The van der Waals surface area contributed by atoms with Crippen LogP contribution in [-0.4, -0.2) is 28.0 Å². The number of aryl methyl sites for hydroxylation is 2. The predicted octanol–water partition coefficient (Wildman–Crippen LogP) is 2.75. The van der Waals surface area contributed by atoms with Gasteiger partial charge in [0.15, 0.2) is 0 Å². The molecule has 0 aliphatic heterocycles. The highest BCUT2D eigenvalue weighted by Gasteiger charge is 2.06. The van der Waals surface area contributed by atoms with Crippen molar-refractivity contribution >= 4 is 23.3 Å². The number of nitrogens with one attached hydrogen (secondary N) is 3. The Balaban J connectivity index is 1.81. The Morgan fingerprint density at radius 2 is 2.08 bits per heavy atom. The minimum Gasteiger partial charge on any atom is -0.338 e. The van der Waals surface area contributed by atoms with E-state index in [0.29, 0.717) is 24.3 Å². The monoisotopic (exact) mass is 329 g/mol. The standard InChI is InChI=1S/C17H23N5O2/c1-3-16(23)20-14-6-5-13(2)15(11-14)21-17(24)19-7-4-9-22-10-8-18-12-22/h5-6,8,10-12H,3-4,7,9H2,1-2H3,(H,20,23)(H2,19,21,24). The third kappa shape index (κ3) is 5.42. The number of anilines is 2. The van der Waals surface area contributed by atoms with Crippen LogP contribution in [0.1, 0.15) is 25.3 Å². The summed E-state index contributed by atoms with van der Waals surface area (Å²) in [5.41, 5.74) is 2.27. The highest BCUT2D eigenvalue weighted by Crippen LogP contribution is 2.20. The van der Waals surface area contributed by atoms with Gasteiger partial charge >= 0.3 is 6.03 Å². The fourth-order valence-corrected chi connectivity index (χ4v) is 2.13. The molecule has 7 nitrogen and oxygen atoms in total. The van der Waals surface area contributed by atoms with E-state index < -0.39 is 0 Å². The number of hydrogen-bond donors (Lipinski definition) is 3. The highest BCUT2D eigenvalue weighted by molar-refractivity contribution is 5.94. The molecular formula is C17H23N5O2. The zero-order chi connectivity index (χ0) is 17.4. The van der Waals surface area contributed by atoms with E-state index in [2.05, 4.69) is 20.9 Å². The first-order chi connectivity index (χ1) is 11.6. The summed E-state index contributed by atoms with van der Waals surface area (Å²) < 4.78 is 1.96. The van der Waals surface area contributed by atoms with Gasteiger partial charge in [0.1, 0.15) is 0 Å². The van der Waals surface area contributed by atoms with Gasteiger partial charge in [0.05, 0.1) is 6.33 Å². The Bertz CT molecular complexity index is 682. The molecule has 1 aromatic carbocycles. The van der Waals surface area contributed by atoms with Crippen molar-refractivity contribution in [3.05, 3.63) is 42.5 Å². The smallest absolute Gasteiger partial charge is 0.319 e. The second-order valence-corrected chi connectivity index (χ2v) is 5.47. The van der Waals surface area contributed by atoms with Crippen molar-refractivity contribution in [2.45, 2.75) is 33.2 Å². The first-order valence-electron chi connectivity index (χ1n) is 7.99. The molecule has 3 N–H and O–H groups in total. The highest BCUT2D eigenvalue weighted by atomic mass is 16.2. The molecule has 2 rings (SSSR count). The quantitative estimate of drug-likeness (QED) is 0.683. The van der Waals surface area contributed by atoms with Crippen LogP contribution in [0.15, 0.2) is 36.9 Å².